The maximum Gasteiger partial charge on any atom is 0.145 e. The average Bonchev–Trinajstić information content (AvgIpc) is 2.83. The summed E-state index contributed by atoms with van der Waals surface area (Å²) >= 11 is 0. The molecule has 5 heteroatoms. The molecule has 21 heavy (non-hydrogen) atoms. The molecule has 0 aliphatic rings. The fraction of sp³-hybridized carbons (Fsp3) is 0.250. The van der Waals surface area contributed by atoms with E-state index in [2.05, 4.69) is 10.2 Å². The van der Waals surface area contributed by atoms with Crippen LogP contribution in [-0.4, -0.2) is 34.2 Å². The third-order valence-electron chi connectivity index (χ3n) is 3.53. The topological polar surface area (TPSA) is 54.2 Å². The van der Waals surface area contributed by atoms with Crippen molar-refractivity contribution in [3.8, 4) is 11.4 Å². The number of benzene rings is 2. The van der Waals surface area contributed by atoms with Gasteiger partial charge in [-0.05, 0) is 43.2 Å². The molecule has 0 radical (unpaired) electrons. The molecular formula is C16H18N4O. The molecule has 0 bridgehead atoms. The Bertz CT molecular complexity index is 821. The number of anilines is 1. The Balaban J connectivity index is 2.16. The molecule has 1 heterocycles. The van der Waals surface area contributed by atoms with Crippen molar-refractivity contribution in [2.24, 2.45) is 0 Å². The number of aromatic nitrogens is 3. The molecule has 0 aliphatic carbocycles. The van der Waals surface area contributed by atoms with E-state index in [9.17, 15) is 5.11 Å². The zero-order chi connectivity index (χ0) is 15.1. The Hall–Kier alpha value is -2.56. The Kier molecular flexibility index (Phi) is 3.05. The number of phenols is 1. The van der Waals surface area contributed by atoms with Crippen molar-refractivity contribution in [2.75, 3.05) is 19.0 Å². The van der Waals surface area contributed by atoms with Gasteiger partial charge < -0.3 is 10.0 Å². The second kappa shape index (κ2) is 4.77. The van der Waals surface area contributed by atoms with Crippen LogP contribution >= 0.6 is 0 Å². The highest BCUT2D eigenvalue weighted by molar-refractivity contribution is 5.75. The fourth-order valence-electron chi connectivity index (χ4n) is 2.44. The molecule has 1 N–H and O–H groups in total. The molecule has 108 valence electrons. The number of hydrogen-bond donors (Lipinski definition) is 1. The highest BCUT2D eigenvalue weighted by atomic mass is 16.3. The van der Waals surface area contributed by atoms with Crippen molar-refractivity contribution in [1.29, 1.82) is 0 Å². The van der Waals surface area contributed by atoms with Crippen molar-refractivity contribution >= 4 is 16.7 Å². The van der Waals surface area contributed by atoms with Gasteiger partial charge in [-0.2, -0.15) is 0 Å². The molecule has 0 unspecified atom stereocenters. The quantitative estimate of drug-likeness (QED) is 0.785. The van der Waals surface area contributed by atoms with E-state index in [1.54, 1.807) is 6.07 Å². The van der Waals surface area contributed by atoms with E-state index < -0.39 is 0 Å². The molecule has 0 spiro atoms. The highest BCUT2D eigenvalue weighted by Crippen LogP contribution is 2.30. The van der Waals surface area contributed by atoms with Crippen LogP contribution < -0.4 is 4.90 Å². The number of nitrogens with zero attached hydrogens (tertiary/aromatic N) is 4. The van der Waals surface area contributed by atoms with Crippen LogP contribution in [0.3, 0.4) is 0 Å². The summed E-state index contributed by atoms with van der Waals surface area (Å²) < 4.78 is 0. The number of aromatic hydroxyl groups is 1. The van der Waals surface area contributed by atoms with Gasteiger partial charge in [-0.15, -0.1) is 15.0 Å². The summed E-state index contributed by atoms with van der Waals surface area (Å²) in [7, 11) is 3.90. The molecule has 3 rings (SSSR count). The molecule has 5 nitrogen and oxygen atoms in total. The maximum atomic E-state index is 10.3. The first-order valence-electron chi connectivity index (χ1n) is 6.81. The summed E-state index contributed by atoms with van der Waals surface area (Å²) in [5, 5.41) is 19.2. The lowest BCUT2D eigenvalue weighted by molar-refractivity contribution is 0.467. The Labute approximate surface area is 123 Å². The summed E-state index contributed by atoms with van der Waals surface area (Å²) in [5.41, 5.74) is 5.40. The van der Waals surface area contributed by atoms with Crippen LogP contribution in [0, 0.1) is 13.8 Å². The van der Waals surface area contributed by atoms with Gasteiger partial charge in [0, 0.05) is 25.8 Å². The highest BCUT2D eigenvalue weighted by Gasteiger charge is 2.12. The second-order valence-corrected chi connectivity index (χ2v) is 5.50. The van der Waals surface area contributed by atoms with E-state index in [-0.39, 0.29) is 5.75 Å². The summed E-state index contributed by atoms with van der Waals surface area (Å²) in [4.78, 5) is 3.46. The zero-order valence-electron chi connectivity index (χ0n) is 12.6. The number of fused-ring (bicyclic) bond motifs is 1. The number of phenolic OH excluding ortho intramolecular Hbond substituents is 1. The molecule has 0 fully saturated rings. The van der Waals surface area contributed by atoms with E-state index in [0.29, 0.717) is 5.69 Å². The van der Waals surface area contributed by atoms with Crippen LogP contribution in [0.2, 0.25) is 0 Å². The van der Waals surface area contributed by atoms with Crippen molar-refractivity contribution in [1.82, 2.24) is 15.0 Å². The lowest BCUT2D eigenvalue weighted by Gasteiger charge is -2.17. The minimum Gasteiger partial charge on any atom is -0.506 e. The predicted octanol–water partition coefficient (Wildman–Crippen LogP) is 2.81. The Morgan fingerprint density at radius 2 is 1.71 bits per heavy atom. The lowest BCUT2D eigenvalue weighted by Crippen LogP contribution is -2.11. The maximum absolute atomic E-state index is 10.3. The standard InChI is InChI=1S/C16H18N4O/c1-10-5-6-12-13(7-10)18-20(17-12)15-8-11(2)14(19(3)4)9-16(15)21/h5-9,21H,1-4H3. The minimum atomic E-state index is 0.168. The van der Waals surface area contributed by atoms with Gasteiger partial charge in [0.15, 0.2) is 0 Å². The molecular weight excluding hydrogens is 264 g/mol. The molecule has 0 saturated carbocycles. The van der Waals surface area contributed by atoms with Gasteiger partial charge in [0.1, 0.15) is 22.5 Å². The van der Waals surface area contributed by atoms with Crippen LogP contribution in [0.1, 0.15) is 11.1 Å². The van der Waals surface area contributed by atoms with Gasteiger partial charge in [0.2, 0.25) is 0 Å². The van der Waals surface area contributed by atoms with Crippen LogP contribution in [0.15, 0.2) is 30.3 Å². The van der Waals surface area contributed by atoms with E-state index in [1.807, 2.05) is 57.1 Å². The number of aryl methyl sites for hydroxylation is 2. The third-order valence-corrected chi connectivity index (χ3v) is 3.53. The molecule has 1 aromatic heterocycles. The monoisotopic (exact) mass is 282 g/mol. The van der Waals surface area contributed by atoms with Gasteiger partial charge in [0.25, 0.3) is 0 Å². The third kappa shape index (κ3) is 2.31. The summed E-state index contributed by atoms with van der Waals surface area (Å²) in [6.07, 6.45) is 0. The van der Waals surface area contributed by atoms with Crippen LogP contribution in [0.4, 0.5) is 5.69 Å². The van der Waals surface area contributed by atoms with E-state index in [1.165, 1.54) is 4.80 Å². The summed E-state index contributed by atoms with van der Waals surface area (Å²) in [6, 6.07) is 9.56. The van der Waals surface area contributed by atoms with E-state index in [4.69, 9.17) is 0 Å². The molecule has 0 saturated heterocycles. The zero-order valence-corrected chi connectivity index (χ0v) is 12.6. The van der Waals surface area contributed by atoms with E-state index >= 15 is 0 Å². The number of hydrogen-bond acceptors (Lipinski definition) is 4. The Morgan fingerprint density at radius 1 is 1.00 bits per heavy atom. The fourth-order valence-corrected chi connectivity index (χ4v) is 2.44. The van der Waals surface area contributed by atoms with Gasteiger partial charge in [-0.3, -0.25) is 0 Å². The van der Waals surface area contributed by atoms with Crippen molar-refractivity contribution < 1.29 is 5.11 Å². The molecule has 0 aliphatic heterocycles. The molecule has 3 aromatic rings. The minimum absolute atomic E-state index is 0.168. The van der Waals surface area contributed by atoms with Crippen molar-refractivity contribution in [2.45, 2.75) is 13.8 Å². The van der Waals surface area contributed by atoms with Crippen LogP contribution in [0.25, 0.3) is 16.7 Å². The van der Waals surface area contributed by atoms with Crippen molar-refractivity contribution in [3.05, 3.63) is 41.5 Å². The molecule has 0 atom stereocenters. The second-order valence-electron chi connectivity index (χ2n) is 5.50. The number of rotatable bonds is 2. The van der Waals surface area contributed by atoms with Gasteiger partial charge in [-0.1, -0.05) is 6.07 Å². The van der Waals surface area contributed by atoms with Crippen LogP contribution in [0.5, 0.6) is 5.75 Å². The van der Waals surface area contributed by atoms with Crippen molar-refractivity contribution in [3.63, 3.8) is 0 Å². The first-order valence-corrected chi connectivity index (χ1v) is 6.81. The van der Waals surface area contributed by atoms with Gasteiger partial charge >= 0.3 is 0 Å². The largest absolute Gasteiger partial charge is 0.506 e. The summed E-state index contributed by atoms with van der Waals surface area (Å²) in [6.45, 7) is 4.03. The van der Waals surface area contributed by atoms with Gasteiger partial charge in [0.05, 0.1) is 0 Å². The predicted molar refractivity (Wildman–Crippen MR) is 84.3 cm³/mol. The lowest BCUT2D eigenvalue weighted by atomic mass is 10.1. The molecule has 2 aromatic carbocycles. The van der Waals surface area contributed by atoms with Gasteiger partial charge in [-0.25, -0.2) is 0 Å². The van der Waals surface area contributed by atoms with Crippen LogP contribution in [-0.2, 0) is 0 Å². The molecule has 0 amide bonds. The SMILES string of the molecule is Cc1ccc2nn(-c3cc(C)c(N(C)C)cc3O)nc2c1. The Morgan fingerprint density at radius 3 is 2.43 bits per heavy atom. The first kappa shape index (κ1) is 13.4. The average molecular weight is 282 g/mol. The smallest absolute Gasteiger partial charge is 0.145 e. The van der Waals surface area contributed by atoms with E-state index in [0.717, 1.165) is 27.8 Å². The first-order chi connectivity index (χ1) is 9.95. The normalized spacial score (nSPS) is 11.0. The summed E-state index contributed by atoms with van der Waals surface area (Å²) in [5.74, 6) is 0.168.